The molecule has 1 amide bonds. The van der Waals surface area contributed by atoms with Gasteiger partial charge in [0.05, 0.1) is 32.0 Å². The molecule has 9 N–H and O–H groups in total. The minimum Gasteiger partial charge on any atom is -0.394 e. The fourth-order valence-electron chi connectivity index (χ4n) is 6.58. The molecule has 0 radical (unpaired) electrons. The van der Waals surface area contributed by atoms with Gasteiger partial charge in [-0.25, -0.2) is 0 Å². The number of hydrogen-bond donors (Lipinski definition) is 9. The maximum Gasteiger partial charge on any atom is 0.220 e. The summed E-state index contributed by atoms with van der Waals surface area (Å²) in [6.45, 7) is 2.68. The van der Waals surface area contributed by atoms with Gasteiger partial charge in [-0.15, -0.1) is 0 Å². The van der Waals surface area contributed by atoms with E-state index in [2.05, 4.69) is 19.2 Å². The number of hydrogen-bond acceptors (Lipinski definition) is 13. The third kappa shape index (κ3) is 16.6. The number of allylic oxidation sites excluding steroid dienone is 1. The van der Waals surface area contributed by atoms with E-state index >= 15 is 0 Å². The summed E-state index contributed by atoms with van der Waals surface area (Å²) in [5.41, 5.74) is 0. The number of amides is 1. The van der Waals surface area contributed by atoms with E-state index in [-0.39, 0.29) is 18.9 Å². The monoisotopic (exact) mass is 749 g/mol. The normalized spacial score (nSPS) is 30.8. The zero-order chi connectivity index (χ0) is 38.3. The van der Waals surface area contributed by atoms with E-state index in [4.69, 9.17) is 18.9 Å². The van der Waals surface area contributed by atoms with Crippen molar-refractivity contribution in [2.75, 3.05) is 19.8 Å². The molecule has 0 saturated carbocycles. The average Bonchev–Trinajstić information content (AvgIpc) is 3.14. The van der Waals surface area contributed by atoms with E-state index in [0.29, 0.717) is 6.42 Å². The Morgan fingerprint density at radius 1 is 0.673 bits per heavy atom. The minimum atomic E-state index is -1.78. The van der Waals surface area contributed by atoms with Crippen LogP contribution in [0.15, 0.2) is 12.2 Å². The van der Waals surface area contributed by atoms with Crippen LogP contribution in [0.2, 0.25) is 0 Å². The topological polar surface area (TPSA) is 228 Å². The third-order valence-corrected chi connectivity index (χ3v) is 9.97. The Morgan fingerprint density at radius 2 is 1.19 bits per heavy atom. The van der Waals surface area contributed by atoms with Crippen molar-refractivity contribution in [2.45, 2.75) is 203 Å². The smallest absolute Gasteiger partial charge is 0.220 e. The molecule has 2 aliphatic rings. The number of nitrogens with one attached hydrogen (secondary N) is 1. The quantitative estimate of drug-likeness (QED) is 0.0413. The molecular weight excluding hydrogens is 678 g/mol. The standard InChI is InChI=1S/C38H71NO13/c1-3-5-7-9-11-13-14-15-17-19-21-27(42)26(39-30(43)22-20-18-16-12-10-8-6-4-2)25-49-37-35(48)33(46)36(29(24-41)51-37)52-38-34(47)32(45)31(44)28(23-40)50-38/h19,21,26-29,31-38,40-42,44-48H,3-18,20,22-25H2,1-2H3,(H,39,43)/b21-19+/t26-,27+,28+,29+,31-,32?,33?,34?,35?,36+,37+,38-/m0/s1. The van der Waals surface area contributed by atoms with E-state index in [9.17, 15) is 45.6 Å². The molecule has 0 aromatic rings. The number of aliphatic hydroxyl groups excluding tert-OH is 8. The van der Waals surface area contributed by atoms with Gasteiger partial charge in [-0.05, 0) is 19.3 Å². The lowest BCUT2D eigenvalue weighted by Gasteiger charge is -2.46. The Morgan fingerprint density at radius 3 is 1.77 bits per heavy atom. The van der Waals surface area contributed by atoms with Crippen LogP contribution < -0.4 is 5.32 Å². The molecule has 0 aromatic carbocycles. The highest BCUT2D eigenvalue weighted by atomic mass is 16.7. The summed E-state index contributed by atoms with van der Waals surface area (Å²) < 4.78 is 22.5. The van der Waals surface area contributed by atoms with Gasteiger partial charge in [-0.1, -0.05) is 116 Å². The molecule has 14 nitrogen and oxygen atoms in total. The van der Waals surface area contributed by atoms with Crippen molar-refractivity contribution >= 4 is 5.91 Å². The van der Waals surface area contributed by atoms with Gasteiger partial charge < -0.3 is 65.1 Å². The van der Waals surface area contributed by atoms with Crippen LogP contribution in [0.1, 0.15) is 129 Å². The van der Waals surface area contributed by atoms with E-state index in [1.165, 1.54) is 64.2 Å². The molecule has 0 aromatic heterocycles. The molecule has 2 aliphatic heterocycles. The molecule has 306 valence electrons. The SMILES string of the molecule is CCCCCCCCCC/C=C/[C@@H](O)[C@H](CO[C@@H]1O[C@H](CO)[C@@H](O[C@@H]2O[C@H](CO)[C@H](O)C(O)C2O)C(O)C1O)NC(=O)CCCCCCCCCC. The van der Waals surface area contributed by atoms with Gasteiger partial charge in [0.15, 0.2) is 12.6 Å². The molecule has 2 heterocycles. The van der Waals surface area contributed by atoms with Gasteiger partial charge in [-0.2, -0.15) is 0 Å². The Hall–Kier alpha value is -1.27. The van der Waals surface area contributed by atoms with E-state index in [1.807, 2.05) is 6.08 Å². The van der Waals surface area contributed by atoms with Crippen LogP contribution in [0.4, 0.5) is 0 Å². The van der Waals surface area contributed by atoms with Crippen molar-refractivity contribution in [1.29, 1.82) is 0 Å². The fourth-order valence-corrected chi connectivity index (χ4v) is 6.58. The molecule has 0 aliphatic carbocycles. The lowest BCUT2D eigenvalue weighted by atomic mass is 9.97. The first-order chi connectivity index (χ1) is 25.1. The van der Waals surface area contributed by atoms with Gasteiger partial charge in [0.1, 0.15) is 48.8 Å². The second-order valence-corrected chi connectivity index (χ2v) is 14.4. The van der Waals surface area contributed by atoms with Crippen molar-refractivity contribution in [1.82, 2.24) is 5.32 Å². The summed E-state index contributed by atoms with van der Waals surface area (Å²) in [7, 11) is 0. The molecular formula is C38H71NO13. The lowest BCUT2D eigenvalue weighted by molar-refractivity contribution is -0.359. The van der Waals surface area contributed by atoms with Crippen molar-refractivity contribution < 1.29 is 64.6 Å². The van der Waals surface area contributed by atoms with Crippen molar-refractivity contribution in [3.8, 4) is 0 Å². The molecule has 0 spiro atoms. The zero-order valence-corrected chi connectivity index (χ0v) is 31.6. The van der Waals surface area contributed by atoms with Crippen molar-refractivity contribution in [3.05, 3.63) is 12.2 Å². The average molecular weight is 750 g/mol. The highest BCUT2D eigenvalue weighted by Gasteiger charge is 2.50. The second-order valence-electron chi connectivity index (χ2n) is 14.4. The van der Waals surface area contributed by atoms with Crippen LogP contribution in [-0.2, 0) is 23.7 Å². The Balaban J connectivity index is 1.97. The van der Waals surface area contributed by atoms with Gasteiger partial charge in [0, 0.05) is 6.42 Å². The number of carbonyl (C=O) groups is 1. The Labute approximate surface area is 310 Å². The maximum atomic E-state index is 12.9. The Kier molecular flexibility index (Phi) is 24.6. The number of unbranched alkanes of at least 4 members (excludes halogenated alkanes) is 15. The van der Waals surface area contributed by atoms with Crippen LogP contribution >= 0.6 is 0 Å². The predicted molar refractivity (Wildman–Crippen MR) is 194 cm³/mol. The number of aliphatic hydroxyl groups is 8. The van der Waals surface area contributed by atoms with Crippen LogP contribution in [-0.4, -0.2) is 140 Å². The third-order valence-electron chi connectivity index (χ3n) is 9.97. The van der Waals surface area contributed by atoms with Gasteiger partial charge in [0.2, 0.25) is 5.91 Å². The first kappa shape index (κ1) is 46.9. The molecule has 2 fully saturated rings. The van der Waals surface area contributed by atoms with Gasteiger partial charge >= 0.3 is 0 Å². The summed E-state index contributed by atoms with van der Waals surface area (Å²) in [6.07, 6.45) is 5.80. The summed E-state index contributed by atoms with van der Waals surface area (Å²) in [4.78, 5) is 12.9. The molecule has 14 heteroatoms. The first-order valence-electron chi connectivity index (χ1n) is 19.9. The molecule has 2 rings (SSSR count). The number of ether oxygens (including phenoxy) is 4. The van der Waals surface area contributed by atoms with Crippen molar-refractivity contribution in [2.24, 2.45) is 0 Å². The summed E-state index contributed by atoms with van der Waals surface area (Å²) >= 11 is 0. The van der Waals surface area contributed by atoms with E-state index < -0.39 is 86.8 Å². The predicted octanol–water partition coefficient (Wildman–Crippen LogP) is 2.09. The molecule has 4 unspecified atom stereocenters. The lowest BCUT2D eigenvalue weighted by Crippen LogP contribution is -2.65. The molecule has 0 bridgehead atoms. The fraction of sp³-hybridized carbons (Fsp3) is 0.921. The second kappa shape index (κ2) is 27.3. The van der Waals surface area contributed by atoms with E-state index in [1.54, 1.807) is 6.08 Å². The maximum absolute atomic E-state index is 12.9. The van der Waals surface area contributed by atoms with Crippen LogP contribution in [0.5, 0.6) is 0 Å². The Bertz CT molecular complexity index is 941. The van der Waals surface area contributed by atoms with Crippen LogP contribution in [0, 0.1) is 0 Å². The van der Waals surface area contributed by atoms with E-state index in [0.717, 1.165) is 38.5 Å². The summed E-state index contributed by atoms with van der Waals surface area (Å²) in [5, 5.41) is 85.9. The summed E-state index contributed by atoms with van der Waals surface area (Å²) in [5.74, 6) is -0.249. The van der Waals surface area contributed by atoms with Crippen molar-refractivity contribution in [3.63, 3.8) is 0 Å². The van der Waals surface area contributed by atoms with Crippen LogP contribution in [0.3, 0.4) is 0 Å². The first-order valence-corrected chi connectivity index (χ1v) is 19.9. The molecule has 52 heavy (non-hydrogen) atoms. The van der Waals surface area contributed by atoms with Gasteiger partial charge in [-0.3, -0.25) is 4.79 Å². The molecule has 2 saturated heterocycles. The highest BCUT2D eigenvalue weighted by Crippen LogP contribution is 2.29. The minimum absolute atomic E-state index is 0.249. The largest absolute Gasteiger partial charge is 0.394 e. The highest BCUT2D eigenvalue weighted by molar-refractivity contribution is 5.76. The molecule has 12 atom stereocenters. The van der Waals surface area contributed by atoms with Crippen LogP contribution in [0.25, 0.3) is 0 Å². The zero-order valence-electron chi connectivity index (χ0n) is 31.6. The summed E-state index contributed by atoms with van der Waals surface area (Å²) in [6, 6.07) is -0.903. The number of carbonyl (C=O) groups excluding carboxylic acids is 1. The van der Waals surface area contributed by atoms with Gasteiger partial charge in [0.25, 0.3) is 0 Å². The number of rotatable bonds is 28.